The van der Waals surface area contributed by atoms with Gasteiger partial charge in [-0.15, -0.1) is 24.8 Å². The maximum atomic E-state index is 12.7. The number of carbonyl (C=O) groups is 1. The fraction of sp³-hybridized carbons (Fsp3) is 0.632. The Balaban J connectivity index is 0.00000169. The molecular formula is C19H32Cl2N4O. The fourth-order valence-corrected chi connectivity index (χ4v) is 3.56. The smallest absolute Gasteiger partial charge is 0.253 e. The number of hydrogen-bond donors (Lipinski definition) is 1. The number of likely N-dealkylation sites (tertiary alicyclic amines) is 1. The number of benzene rings is 1. The van der Waals surface area contributed by atoms with Crippen molar-refractivity contribution >= 4 is 30.7 Å². The normalized spacial score (nSPS) is 24.0. The summed E-state index contributed by atoms with van der Waals surface area (Å²) in [7, 11) is 2.17. The van der Waals surface area contributed by atoms with Crippen molar-refractivity contribution in [1.82, 2.24) is 14.7 Å². The molecule has 0 bridgehead atoms. The summed E-state index contributed by atoms with van der Waals surface area (Å²) < 4.78 is 0. The fourth-order valence-electron chi connectivity index (χ4n) is 3.56. The highest BCUT2D eigenvalue weighted by Gasteiger charge is 2.35. The molecule has 3 rings (SSSR count). The zero-order chi connectivity index (χ0) is 17.2. The van der Waals surface area contributed by atoms with Crippen molar-refractivity contribution in [3.63, 3.8) is 0 Å². The van der Waals surface area contributed by atoms with E-state index in [0.29, 0.717) is 6.54 Å². The molecular weight excluding hydrogens is 371 g/mol. The minimum atomic E-state index is 0. The third-order valence-electron chi connectivity index (χ3n) is 5.54. The summed E-state index contributed by atoms with van der Waals surface area (Å²) in [6.45, 7) is 9.85. The van der Waals surface area contributed by atoms with Gasteiger partial charge in [0.05, 0.1) is 0 Å². The summed E-state index contributed by atoms with van der Waals surface area (Å²) in [5, 5.41) is 0. The Bertz CT molecular complexity index is 575. The van der Waals surface area contributed by atoms with Gasteiger partial charge < -0.3 is 15.5 Å². The Labute approximate surface area is 169 Å². The molecule has 148 valence electrons. The second kappa shape index (κ2) is 9.90. The Kier molecular flexibility index (Phi) is 8.83. The van der Waals surface area contributed by atoms with E-state index >= 15 is 0 Å². The van der Waals surface area contributed by atoms with E-state index in [9.17, 15) is 4.79 Å². The molecule has 2 fully saturated rings. The van der Waals surface area contributed by atoms with Crippen LogP contribution in [0.25, 0.3) is 0 Å². The van der Waals surface area contributed by atoms with Crippen LogP contribution in [0.1, 0.15) is 29.3 Å². The van der Waals surface area contributed by atoms with E-state index in [1.165, 1.54) is 5.56 Å². The summed E-state index contributed by atoms with van der Waals surface area (Å²) in [6.07, 6.45) is 0.997. The van der Waals surface area contributed by atoms with Crippen LogP contribution in [0.15, 0.2) is 24.3 Å². The molecule has 1 aromatic carbocycles. The maximum absolute atomic E-state index is 12.7. The van der Waals surface area contributed by atoms with Crippen LogP contribution in [0.5, 0.6) is 0 Å². The molecule has 2 heterocycles. The standard InChI is InChI=1S/C19H30N4O.2ClH/c1-19(14-20)7-8-23(15-19)18(24)17-5-3-16(4-6-17)13-22-11-9-21(2)10-12-22;;/h3-6H,7-15,20H2,1-2H3;2*1H. The Morgan fingerprint density at radius 2 is 1.69 bits per heavy atom. The lowest BCUT2D eigenvalue weighted by Gasteiger charge is -2.32. The first-order chi connectivity index (χ1) is 11.5. The third-order valence-corrected chi connectivity index (χ3v) is 5.54. The van der Waals surface area contributed by atoms with Gasteiger partial charge in [0.15, 0.2) is 0 Å². The minimum Gasteiger partial charge on any atom is -0.338 e. The Morgan fingerprint density at radius 1 is 1.08 bits per heavy atom. The Morgan fingerprint density at radius 3 is 2.23 bits per heavy atom. The largest absolute Gasteiger partial charge is 0.338 e. The van der Waals surface area contributed by atoms with E-state index in [-0.39, 0.29) is 36.1 Å². The SMILES string of the molecule is CN1CCN(Cc2ccc(C(=O)N3CCC(C)(CN)C3)cc2)CC1.Cl.Cl. The summed E-state index contributed by atoms with van der Waals surface area (Å²) in [5.41, 5.74) is 7.99. The van der Waals surface area contributed by atoms with Crippen molar-refractivity contribution in [2.24, 2.45) is 11.1 Å². The first-order valence-corrected chi connectivity index (χ1v) is 8.98. The van der Waals surface area contributed by atoms with Gasteiger partial charge in [-0.2, -0.15) is 0 Å². The second-order valence-electron chi connectivity index (χ2n) is 7.77. The first-order valence-electron chi connectivity index (χ1n) is 8.98. The number of carbonyl (C=O) groups excluding carboxylic acids is 1. The zero-order valence-electron chi connectivity index (χ0n) is 15.8. The van der Waals surface area contributed by atoms with Crippen molar-refractivity contribution in [2.75, 3.05) is 52.9 Å². The van der Waals surface area contributed by atoms with Crippen molar-refractivity contribution < 1.29 is 4.79 Å². The van der Waals surface area contributed by atoms with E-state index in [4.69, 9.17) is 5.73 Å². The zero-order valence-corrected chi connectivity index (χ0v) is 17.5. The number of likely N-dealkylation sites (N-methyl/N-ethyl adjacent to an activating group) is 1. The van der Waals surface area contributed by atoms with Crippen LogP contribution < -0.4 is 5.73 Å². The van der Waals surface area contributed by atoms with Crippen molar-refractivity contribution in [3.05, 3.63) is 35.4 Å². The number of hydrogen-bond acceptors (Lipinski definition) is 4. The number of halogens is 2. The molecule has 26 heavy (non-hydrogen) atoms. The molecule has 1 unspecified atom stereocenters. The number of nitrogens with zero attached hydrogens (tertiary/aromatic N) is 3. The van der Waals surface area contributed by atoms with Gasteiger partial charge in [-0.1, -0.05) is 19.1 Å². The molecule has 0 spiro atoms. The van der Waals surface area contributed by atoms with Crippen molar-refractivity contribution in [3.8, 4) is 0 Å². The molecule has 2 aliphatic heterocycles. The van der Waals surface area contributed by atoms with Crippen molar-refractivity contribution in [1.29, 1.82) is 0 Å². The molecule has 1 aromatic rings. The molecule has 7 heteroatoms. The molecule has 2 saturated heterocycles. The van der Waals surface area contributed by atoms with E-state index in [1.54, 1.807) is 0 Å². The van der Waals surface area contributed by atoms with Crippen LogP contribution in [0, 0.1) is 5.41 Å². The average molecular weight is 403 g/mol. The van der Waals surface area contributed by atoms with Crippen LogP contribution in [0.4, 0.5) is 0 Å². The van der Waals surface area contributed by atoms with Crippen LogP contribution in [0.3, 0.4) is 0 Å². The van der Waals surface area contributed by atoms with Crippen LogP contribution in [-0.4, -0.2) is 73.5 Å². The van der Waals surface area contributed by atoms with E-state index in [0.717, 1.165) is 57.8 Å². The highest BCUT2D eigenvalue weighted by Crippen LogP contribution is 2.29. The van der Waals surface area contributed by atoms with Gasteiger partial charge in [0.1, 0.15) is 0 Å². The van der Waals surface area contributed by atoms with Gasteiger partial charge >= 0.3 is 0 Å². The molecule has 2 aliphatic rings. The van der Waals surface area contributed by atoms with Gasteiger partial charge in [-0.25, -0.2) is 0 Å². The number of piperazine rings is 1. The molecule has 1 amide bonds. The average Bonchev–Trinajstić information content (AvgIpc) is 3.00. The topological polar surface area (TPSA) is 52.8 Å². The maximum Gasteiger partial charge on any atom is 0.253 e. The van der Waals surface area contributed by atoms with Gasteiger partial charge in [0.2, 0.25) is 0 Å². The third kappa shape index (κ3) is 5.57. The predicted octanol–water partition coefficient (Wildman–Crippen LogP) is 2.09. The number of amides is 1. The van der Waals surface area contributed by atoms with E-state index in [2.05, 4.69) is 35.9 Å². The summed E-state index contributed by atoms with van der Waals surface area (Å²) in [4.78, 5) is 19.4. The molecule has 0 radical (unpaired) electrons. The lowest BCUT2D eigenvalue weighted by molar-refractivity contribution is 0.0777. The van der Waals surface area contributed by atoms with Gasteiger partial charge in [0.25, 0.3) is 5.91 Å². The van der Waals surface area contributed by atoms with E-state index < -0.39 is 0 Å². The second-order valence-corrected chi connectivity index (χ2v) is 7.77. The molecule has 5 nitrogen and oxygen atoms in total. The highest BCUT2D eigenvalue weighted by molar-refractivity contribution is 5.94. The molecule has 0 saturated carbocycles. The highest BCUT2D eigenvalue weighted by atomic mass is 35.5. The number of rotatable bonds is 4. The lowest BCUT2D eigenvalue weighted by Crippen LogP contribution is -2.43. The predicted molar refractivity (Wildman–Crippen MR) is 111 cm³/mol. The van der Waals surface area contributed by atoms with Crippen LogP contribution in [0.2, 0.25) is 0 Å². The van der Waals surface area contributed by atoms with E-state index in [1.807, 2.05) is 17.0 Å². The summed E-state index contributed by atoms with van der Waals surface area (Å²) in [5.74, 6) is 0.137. The van der Waals surface area contributed by atoms with Gasteiger partial charge in [-0.05, 0) is 43.1 Å². The first kappa shape index (κ1) is 23.2. The molecule has 2 N–H and O–H groups in total. The van der Waals surface area contributed by atoms with Gasteiger partial charge in [0, 0.05) is 51.4 Å². The molecule has 0 aliphatic carbocycles. The van der Waals surface area contributed by atoms with Crippen LogP contribution in [-0.2, 0) is 6.54 Å². The quantitative estimate of drug-likeness (QED) is 0.837. The Hall–Kier alpha value is -0.850. The summed E-state index contributed by atoms with van der Waals surface area (Å²) in [6, 6.07) is 8.16. The molecule has 0 aromatic heterocycles. The number of nitrogens with two attached hydrogens (primary N) is 1. The van der Waals surface area contributed by atoms with Crippen LogP contribution >= 0.6 is 24.8 Å². The minimum absolute atomic E-state index is 0. The lowest BCUT2D eigenvalue weighted by atomic mass is 9.90. The molecule has 1 atom stereocenters. The summed E-state index contributed by atoms with van der Waals surface area (Å²) >= 11 is 0. The van der Waals surface area contributed by atoms with Crippen molar-refractivity contribution in [2.45, 2.75) is 19.9 Å². The van der Waals surface area contributed by atoms with Gasteiger partial charge in [-0.3, -0.25) is 9.69 Å². The monoisotopic (exact) mass is 402 g/mol.